The lowest BCUT2D eigenvalue weighted by molar-refractivity contribution is 0.133. The van der Waals surface area contributed by atoms with Crippen molar-refractivity contribution in [1.29, 1.82) is 0 Å². The van der Waals surface area contributed by atoms with E-state index in [4.69, 9.17) is 16.3 Å². The lowest BCUT2D eigenvalue weighted by Crippen LogP contribution is -2.31. The smallest absolute Gasteiger partial charge is 0.126 e. The first kappa shape index (κ1) is 15.5. The van der Waals surface area contributed by atoms with E-state index < -0.39 is 0 Å². The summed E-state index contributed by atoms with van der Waals surface area (Å²) in [6.45, 7) is 4.44. The summed E-state index contributed by atoms with van der Waals surface area (Å²) in [5, 5.41) is 14.4. The van der Waals surface area contributed by atoms with Gasteiger partial charge in [0.25, 0.3) is 0 Å². The Kier molecular flexibility index (Phi) is 4.52. The minimum Gasteiger partial charge on any atom is -0.396 e. The van der Waals surface area contributed by atoms with Gasteiger partial charge in [0, 0.05) is 35.6 Å². The molecule has 118 valence electrons. The molecule has 1 aliphatic rings. The molecular weight excluding hydrogens is 300 g/mol. The number of rotatable bonds is 5. The molecule has 3 rings (SSSR count). The molecule has 0 amide bonds. The van der Waals surface area contributed by atoms with Gasteiger partial charge in [-0.3, -0.25) is 0 Å². The van der Waals surface area contributed by atoms with Gasteiger partial charge in [0.05, 0.1) is 12.1 Å². The Morgan fingerprint density at radius 3 is 2.95 bits per heavy atom. The predicted octanol–water partition coefficient (Wildman–Crippen LogP) is 3.40. The first-order valence-corrected chi connectivity index (χ1v) is 8.00. The minimum atomic E-state index is 0.00870. The summed E-state index contributed by atoms with van der Waals surface area (Å²) in [6, 6.07) is 7.85. The summed E-state index contributed by atoms with van der Waals surface area (Å²) in [4.78, 5) is 4.69. The van der Waals surface area contributed by atoms with E-state index in [1.807, 2.05) is 31.2 Å². The number of aryl methyl sites for hydroxylation is 1. The molecule has 2 aromatic rings. The lowest BCUT2D eigenvalue weighted by atomic mass is 9.84. The first-order valence-electron chi connectivity index (χ1n) is 7.62. The topological polar surface area (TPSA) is 54.4 Å². The van der Waals surface area contributed by atoms with Gasteiger partial charge in [0.15, 0.2) is 0 Å². The second kappa shape index (κ2) is 6.41. The van der Waals surface area contributed by atoms with E-state index >= 15 is 0 Å². The van der Waals surface area contributed by atoms with Crippen LogP contribution in [0.3, 0.4) is 0 Å². The molecule has 0 aliphatic carbocycles. The number of halogens is 1. The summed E-state index contributed by atoms with van der Waals surface area (Å²) in [5.41, 5.74) is 2.04. The molecule has 0 spiro atoms. The molecule has 1 saturated heterocycles. The number of hydrogen-bond donors (Lipinski definition) is 2. The maximum atomic E-state index is 9.28. The van der Waals surface area contributed by atoms with E-state index in [9.17, 15) is 5.11 Å². The van der Waals surface area contributed by atoms with Crippen molar-refractivity contribution in [3.05, 3.63) is 34.9 Å². The summed E-state index contributed by atoms with van der Waals surface area (Å²) in [7, 11) is 0. The van der Waals surface area contributed by atoms with Crippen molar-refractivity contribution in [2.24, 2.45) is 5.41 Å². The van der Waals surface area contributed by atoms with Crippen LogP contribution in [-0.4, -0.2) is 36.5 Å². The summed E-state index contributed by atoms with van der Waals surface area (Å²) < 4.78 is 5.52. The third-order valence-electron chi connectivity index (χ3n) is 4.48. The van der Waals surface area contributed by atoms with Crippen LogP contribution >= 0.6 is 11.6 Å². The van der Waals surface area contributed by atoms with Crippen LogP contribution in [0.15, 0.2) is 24.3 Å². The highest BCUT2D eigenvalue weighted by molar-refractivity contribution is 6.35. The van der Waals surface area contributed by atoms with Crippen LogP contribution in [0, 0.1) is 12.3 Å². The van der Waals surface area contributed by atoms with Gasteiger partial charge in [-0.2, -0.15) is 0 Å². The Labute approximate surface area is 135 Å². The second-order valence-electron chi connectivity index (χ2n) is 6.09. The van der Waals surface area contributed by atoms with Crippen molar-refractivity contribution in [3.8, 4) is 0 Å². The van der Waals surface area contributed by atoms with Gasteiger partial charge in [0.1, 0.15) is 5.82 Å². The van der Waals surface area contributed by atoms with E-state index in [0.717, 1.165) is 53.3 Å². The Morgan fingerprint density at radius 1 is 1.36 bits per heavy atom. The van der Waals surface area contributed by atoms with E-state index in [-0.39, 0.29) is 12.0 Å². The number of benzene rings is 1. The van der Waals surface area contributed by atoms with Gasteiger partial charge in [0.2, 0.25) is 0 Å². The number of anilines is 1. The van der Waals surface area contributed by atoms with Gasteiger partial charge in [-0.05, 0) is 43.5 Å². The molecule has 0 radical (unpaired) electrons. The van der Waals surface area contributed by atoms with Crippen molar-refractivity contribution in [1.82, 2.24) is 4.98 Å². The van der Waals surface area contributed by atoms with E-state index in [2.05, 4.69) is 10.3 Å². The zero-order valence-electron chi connectivity index (χ0n) is 12.7. The number of aliphatic hydroxyl groups excluding tert-OH is 1. The molecule has 2 heterocycles. The molecule has 1 aliphatic heterocycles. The fourth-order valence-corrected chi connectivity index (χ4v) is 3.22. The molecule has 4 nitrogen and oxygen atoms in total. The quantitative estimate of drug-likeness (QED) is 0.886. The Bertz CT molecular complexity index is 669. The molecule has 0 saturated carbocycles. The first-order chi connectivity index (χ1) is 10.6. The van der Waals surface area contributed by atoms with Gasteiger partial charge < -0.3 is 15.2 Å². The molecule has 2 N–H and O–H groups in total. The average Bonchev–Trinajstić information content (AvgIpc) is 2.98. The maximum Gasteiger partial charge on any atom is 0.126 e. The van der Waals surface area contributed by atoms with Crippen molar-refractivity contribution < 1.29 is 9.84 Å². The third-order valence-corrected chi connectivity index (χ3v) is 4.81. The molecule has 1 unspecified atom stereocenters. The zero-order chi connectivity index (χ0) is 15.6. The SMILES string of the molecule is Cc1ccc(Cl)c2ccc(NCC3(CCO)CCOC3)nc12. The summed E-state index contributed by atoms with van der Waals surface area (Å²) >= 11 is 6.22. The number of aromatic nitrogens is 1. The highest BCUT2D eigenvalue weighted by Crippen LogP contribution is 2.33. The van der Waals surface area contributed by atoms with Crippen molar-refractivity contribution in [3.63, 3.8) is 0 Å². The standard InChI is InChI=1S/C17H21ClN2O2/c1-12-2-4-14(18)13-3-5-15(20-16(12)13)19-10-17(6-8-21)7-9-22-11-17/h2-5,21H,6-11H2,1H3,(H,19,20). The molecular formula is C17H21ClN2O2. The number of nitrogens with zero attached hydrogens (tertiary/aromatic N) is 1. The molecule has 1 fully saturated rings. The lowest BCUT2D eigenvalue weighted by Gasteiger charge is -2.27. The van der Waals surface area contributed by atoms with Crippen LogP contribution in [0.1, 0.15) is 18.4 Å². The van der Waals surface area contributed by atoms with Crippen molar-refractivity contribution in [2.75, 3.05) is 31.7 Å². The normalized spacial score (nSPS) is 21.4. The fourth-order valence-electron chi connectivity index (χ4n) is 3.01. The molecule has 5 heteroatoms. The summed E-state index contributed by atoms with van der Waals surface area (Å²) in [6.07, 6.45) is 1.72. The largest absolute Gasteiger partial charge is 0.396 e. The van der Waals surface area contributed by atoms with Crippen LogP contribution in [0.2, 0.25) is 5.02 Å². The van der Waals surface area contributed by atoms with E-state index in [1.54, 1.807) is 0 Å². The Morgan fingerprint density at radius 2 is 2.23 bits per heavy atom. The van der Waals surface area contributed by atoms with Crippen LogP contribution < -0.4 is 5.32 Å². The highest BCUT2D eigenvalue weighted by Gasteiger charge is 2.34. The van der Waals surface area contributed by atoms with Gasteiger partial charge in [-0.25, -0.2) is 4.98 Å². The molecule has 1 aromatic carbocycles. The fraction of sp³-hybridized carbons (Fsp3) is 0.471. The number of pyridine rings is 1. The number of hydrogen-bond acceptors (Lipinski definition) is 4. The number of ether oxygens (including phenoxy) is 1. The van der Waals surface area contributed by atoms with E-state index in [0.29, 0.717) is 6.61 Å². The van der Waals surface area contributed by atoms with Gasteiger partial charge in [-0.15, -0.1) is 0 Å². The predicted molar refractivity (Wildman–Crippen MR) is 89.6 cm³/mol. The number of aliphatic hydroxyl groups is 1. The number of fused-ring (bicyclic) bond motifs is 1. The average molecular weight is 321 g/mol. The molecule has 0 bridgehead atoms. The molecule has 1 aromatic heterocycles. The molecule has 22 heavy (non-hydrogen) atoms. The van der Waals surface area contributed by atoms with Crippen LogP contribution in [-0.2, 0) is 4.74 Å². The summed E-state index contributed by atoms with van der Waals surface area (Å²) in [5.74, 6) is 0.835. The monoisotopic (exact) mass is 320 g/mol. The molecule has 1 atom stereocenters. The third kappa shape index (κ3) is 3.05. The van der Waals surface area contributed by atoms with Crippen molar-refractivity contribution >= 4 is 28.3 Å². The minimum absolute atomic E-state index is 0.00870. The highest BCUT2D eigenvalue weighted by atomic mass is 35.5. The zero-order valence-corrected chi connectivity index (χ0v) is 13.5. The maximum absolute atomic E-state index is 9.28. The van der Waals surface area contributed by atoms with Gasteiger partial charge in [-0.1, -0.05) is 17.7 Å². The Hall–Kier alpha value is -1.36. The van der Waals surface area contributed by atoms with Crippen LogP contribution in [0.25, 0.3) is 10.9 Å². The van der Waals surface area contributed by atoms with Crippen LogP contribution in [0.5, 0.6) is 0 Å². The van der Waals surface area contributed by atoms with Crippen molar-refractivity contribution in [2.45, 2.75) is 19.8 Å². The van der Waals surface area contributed by atoms with E-state index in [1.165, 1.54) is 0 Å². The van der Waals surface area contributed by atoms with Gasteiger partial charge >= 0.3 is 0 Å². The van der Waals surface area contributed by atoms with Crippen LogP contribution in [0.4, 0.5) is 5.82 Å². The second-order valence-corrected chi connectivity index (χ2v) is 6.49. The Balaban J connectivity index is 1.81. The number of nitrogens with one attached hydrogen (secondary N) is 1.